The standard InChI is InChI=1S/C20H22ClF3N2O/c1-4-13-7-5-6-8-16(13)26-19(27)18(12(2)3)25-17-10-9-14(11-15(17)21)20(22,23)24/h5-12,18,25H,4H2,1-3H3,(H,26,27)/t18-/m0/s1. The predicted octanol–water partition coefficient (Wildman–Crippen LogP) is 6.00. The number of hydrogen-bond donors (Lipinski definition) is 2. The molecule has 2 aromatic rings. The molecule has 0 unspecified atom stereocenters. The molecule has 7 heteroatoms. The number of hydrogen-bond acceptors (Lipinski definition) is 2. The largest absolute Gasteiger partial charge is 0.416 e. The molecule has 146 valence electrons. The van der Waals surface area contributed by atoms with Gasteiger partial charge in [-0.25, -0.2) is 0 Å². The van der Waals surface area contributed by atoms with E-state index in [0.29, 0.717) is 0 Å². The maximum absolute atomic E-state index is 12.8. The minimum absolute atomic E-state index is 0.0859. The first kappa shape index (κ1) is 21.1. The normalized spacial score (nSPS) is 12.7. The Bertz CT molecular complexity index is 806. The fourth-order valence-corrected chi connectivity index (χ4v) is 2.91. The van der Waals surface area contributed by atoms with Gasteiger partial charge >= 0.3 is 6.18 Å². The molecule has 1 amide bonds. The van der Waals surface area contributed by atoms with Gasteiger partial charge in [0.1, 0.15) is 6.04 Å². The minimum Gasteiger partial charge on any atom is -0.372 e. The zero-order valence-electron chi connectivity index (χ0n) is 15.3. The molecular weight excluding hydrogens is 377 g/mol. The van der Waals surface area contributed by atoms with Crippen LogP contribution in [0.3, 0.4) is 0 Å². The summed E-state index contributed by atoms with van der Waals surface area (Å²) in [5.74, 6) is -0.390. The summed E-state index contributed by atoms with van der Waals surface area (Å²) in [6, 6.07) is 9.85. The lowest BCUT2D eigenvalue weighted by atomic mass is 10.0. The van der Waals surface area contributed by atoms with E-state index < -0.39 is 17.8 Å². The van der Waals surface area contributed by atoms with Gasteiger partial charge in [0.25, 0.3) is 0 Å². The molecule has 0 bridgehead atoms. The molecule has 0 aromatic heterocycles. The summed E-state index contributed by atoms with van der Waals surface area (Å²) in [4.78, 5) is 12.8. The first-order chi connectivity index (χ1) is 12.6. The highest BCUT2D eigenvalue weighted by Gasteiger charge is 2.31. The monoisotopic (exact) mass is 398 g/mol. The number of benzene rings is 2. The van der Waals surface area contributed by atoms with Gasteiger partial charge in [0, 0.05) is 5.69 Å². The molecule has 3 nitrogen and oxygen atoms in total. The topological polar surface area (TPSA) is 41.1 Å². The third-order valence-electron chi connectivity index (χ3n) is 4.21. The molecule has 0 heterocycles. The second-order valence-electron chi connectivity index (χ2n) is 6.56. The Morgan fingerprint density at radius 3 is 2.33 bits per heavy atom. The number of halogens is 4. The first-order valence-electron chi connectivity index (χ1n) is 8.65. The number of amides is 1. The van der Waals surface area contributed by atoms with Gasteiger partial charge in [-0.2, -0.15) is 13.2 Å². The van der Waals surface area contributed by atoms with E-state index in [1.165, 1.54) is 6.07 Å². The summed E-state index contributed by atoms with van der Waals surface area (Å²) in [5, 5.41) is 5.78. The van der Waals surface area contributed by atoms with Crippen molar-refractivity contribution in [3.05, 3.63) is 58.6 Å². The van der Waals surface area contributed by atoms with Crippen molar-refractivity contribution in [1.82, 2.24) is 0 Å². The third-order valence-corrected chi connectivity index (χ3v) is 4.53. The average molecular weight is 399 g/mol. The lowest BCUT2D eigenvalue weighted by molar-refractivity contribution is -0.137. The van der Waals surface area contributed by atoms with Crippen LogP contribution >= 0.6 is 11.6 Å². The fourth-order valence-electron chi connectivity index (χ4n) is 2.67. The maximum atomic E-state index is 12.8. The summed E-state index contributed by atoms with van der Waals surface area (Å²) >= 11 is 6.00. The second-order valence-corrected chi connectivity index (χ2v) is 6.97. The fraction of sp³-hybridized carbons (Fsp3) is 0.350. The van der Waals surface area contributed by atoms with E-state index in [1.807, 2.05) is 45.0 Å². The van der Waals surface area contributed by atoms with Crippen molar-refractivity contribution >= 4 is 28.9 Å². The highest BCUT2D eigenvalue weighted by molar-refractivity contribution is 6.33. The Balaban J connectivity index is 2.21. The van der Waals surface area contributed by atoms with Gasteiger partial charge in [-0.3, -0.25) is 4.79 Å². The SMILES string of the molecule is CCc1ccccc1NC(=O)[C@@H](Nc1ccc(C(F)(F)F)cc1Cl)C(C)C. The van der Waals surface area contributed by atoms with Crippen LogP contribution in [0.15, 0.2) is 42.5 Å². The Morgan fingerprint density at radius 2 is 1.78 bits per heavy atom. The van der Waals surface area contributed by atoms with Crippen LogP contribution in [-0.2, 0) is 17.4 Å². The number of anilines is 2. The van der Waals surface area contributed by atoms with Crippen molar-refractivity contribution in [3.63, 3.8) is 0 Å². The zero-order chi connectivity index (χ0) is 20.2. The Hall–Kier alpha value is -2.21. The summed E-state index contributed by atoms with van der Waals surface area (Å²) < 4.78 is 38.4. The van der Waals surface area contributed by atoms with Crippen LogP contribution in [0.4, 0.5) is 24.5 Å². The van der Waals surface area contributed by atoms with Crippen molar-refractivity contribution in [3.8, 4) is 0 Å². The van der Waals surface area contributed by atoms with Crippen LogP contribution in [0, 0.1) is 5.92 Å². The number of carbonyl (C=O) groups excluding carboxylic acids is 1. The molecule has 0 spiro atoms. The molecule has 0 fully saturated rings. The number of alkyl halides is 3. The Morgan fingerprint density at radius 1 is 1.11 bits per heavy atom. The summed E-state index contributed by atoms with van der Waals surface area (Å²) in [6.07, 6.45) is -3.71. The van der Waals surface area contributed by atoms with Crippen molar-refractivity contribution in [2.24, 2.45) is 5.92 Å². The lowest BCUT2D eigenvalue weighted by Crippen LogP contribution is -2.39. The predicted molar refractivity (Wildman–Crippen MR) is 103 cm³/mol. The van der Waals surface area contributed by atoms with E-state index >= 15 is 0 Å². The van der Waals surface area contributed by atoms with Gasteiger partial charge in [0.05, 0.1) is 16.3 Å². The van der Waals surface area contributed by atoms with E-state index in [-0.39, 0.29) is 22.5 Å². The number of aryl methyl sites for hydroxylation is 1. The van der Waals surface area contributed by atoms with Crippen LogP contribution in [0.2, 0.25) is 5.02 Å². The van der Waals surface area contributed by atoms with Crippen LogP contribution in [-0.4, -0.2) is 11.9 Å². The maximum Gasteiger partial charge on any atom is 0.416 e. The molecular formula is C20H22ClF3N2O. The van der Waals surface area contributed by atoms with Crippen molar-refractivity contribution in [1.29, 1.82) is 0 Å². The molecule has 0 radical (unpaired) electrons. The highest BCUT2D eigenvalue weighted by atomic mass is 35.5. The molecule has 2 rings (SSSR count). The summed E-state index contributed by atoms with van der Waals surface area (Å²) in [5.41, 5.74) is 1.17. The van der Waals surface area contributed by atoms with Gasteiger partial charge in [-0.1, -0.05) is 50.6 Å². The Kier molecular flexibility index (Phi) is 6.76. The molecule has 0 saturated carbocycles. The van der Waals surface area contributed by atoms with Crippen LogP contribution < -0.4 is 10.6 Å². The number of rotatable bonds is 6. The summed E-state index contributed by atoms with van der Waals surface area (Å²) in [7, 11) is 0. The van der Waals surface area contributed by atoms with E-state index in [1.54, 1.807) is 0 Å². The smallest absolute Gasteiger partial charge is 0.372 e. The highest BCUT2D eigenvalue weighted by Crippen LogP contribution is 2.34. The molecule has 0 saturated heterocycles. The minimum atomic E-state index is -4.47. The molecule has 1 atom stereocenters. The Labute approximate surface area is 161 Å². The third kappa shape index (κ3) is 5.39. The molecule has 27 heavy (non-hydrogen) atoms. The van der Waals surface area contributed by atoms with Crippen LogP contribution in [0.5, 0.6) is 0 Å². The van der Waals surface area contributed by atoms with Gasteiger partial charge in [-0.05, 0) is 42.2 Å². The molecule has 2 aromatic carbocycles. The molecule has 0 aliphatic carbocycles. The van der Waals surface area contributed by atoms with Crippen LogP contribution in [0.25, 0.3) is 0 Å². The number of para-hydroxylation sites is 1. The van der Waals surface area contributed by atoms with Gasteiger partial charge < -0.3 is 10.6 Å². The first-order valence-corrected chi connectivity index (χ1v) is 9.03. The lowest BCUT2D eigenvalue weighted by Gasteiger charge is -2.24. The van der Waals surface area contributed by atoms with Crippen molar-refractivity contribution in [2.75, 3.05) is 10.6 Å². The van der Waals surface area contributed by atoms with E-state index in [9.17, 15) is 18.0 Å². The quantitative estimate of drug-likeness (QED) is 0.626. The van der Waals surface area contributed by atoms with E-state index in [4.69, 9.17) is 11.6 Å². The van der Waals surface area contributed by atoms with Crippen molar-refractivity contribution < 1.29 is 18.0 Å². The zero-order valence-corrected chi connectivity index (χ0v) is 16.1. The van der Waals surface area contributed by atoms with Crippen LogP contribution in [0.1, 0.15) is 31.9 Å². The van der Waals surface area contributed by atoms with Crippen molar-refractivity contribution in [2.45, 2.75) is 39.4 Å². The molecule has 0 aliphatic rings. The summed E-state index contributed by atoms with van der Waals surface area (Å²) in [6.45, 7) is 5.69. The molecule has 0 aliphatic heterocycles. The number of nitrogens with one attached hydrogen (secondary N) is 2. The van der Waals surface area contributed by atoms with Gasteiger partial charge in [0.15, 0.2) is 0 Å². The molecule has 2 N–H and O–H groups in total. The van der Waals surface area contributed by atoms with Gasteiger partial charge in [-0.15, -0.1) is 0 Å². The average Bonchev–Trinajstić information content (AvgIpc) is 2.59. The van der Waals surface area contributed by atoms with Gasteiger partial charge in [0.2, 0.25) is 5.91 Å². The van der Waals surface area contributed by atoms with E-state index in [2.05, 4.69) is 10.6 Å². The number of carbonyl (C=O) groups is 1. The van der Waals surface area contributed by atoms with E-state index in [0.717, 1.165) is 29.8 Å². The second kappa shape index (κ2) is 8.65.